The van der Waals surface area contributed by atoms with Crippen LogP contribution in [0.25, 0.3) is 0 Å². The lowest BCUT2D eigenvalue weighted by atomic mass is 9.93. The van der Waals surface area contributed by atoms with Crippen LogP contribution in [0.5, 0.6) is 5.75 Å². The number of aliphatic carboxylic acids is 1. The van der Waals surface area contributed by atoms with Crippen molar-refractivity contribution in [2.75, 3.05) is 30.0 Å². The van der Waals surface area contributed by atoms with Crippen LogP contribution in [0.2, 0.25) is 0 Å². The number of nitriles is 1. The summed E-state index contributed by atoms with van der Waals surface area (Å²) in [6, 6.07) is 4.49. The second-order valence-corrected chi connectivity index (χ2v) is 12.0. The molecular formula is C32H32F6N6O6. The predicted molar refractivity (Wildman–Crippen MR) is 163 cm³/mol. The number of halogens is 6. The molecule has 268 valence electrons. The molecule has 0 fully saturated rings. The van der Waals surface area contributed by atoms with Gasteiger partial charge in [0, 0.05) is 12.5 Å². The molecule has 3 heterocycles. The molecule has 0 saturated heterocycles. The molecule has 0 unspecified atom stereocenters. The number of pyridine rings is 1. The number of nitrogens with one attached hydrogen (secondary N) is 1. The minimum Gasteiger partial charge on any atom is -0.488 e. The number of fused-ring (bicyclic) bond motifs is 1. The highest BCUT2D eigenvalue weighted by Gasteiger charge is 2.41. The Kier molecular flexibility index (Phi) is 11.1. The van der Waals surface area contributed by atoms with Crippen molar-refractivity contribution in [2.45, 2.75) is 64.5 Å². The van der Waals surface area contributed by atoms with Gasteiger partial charge in [-0.2, -0.15) is 31.6 Å². The number of ether oxygens (including phenoxy) is 2. The van der Waals surface area contributed by atoms with Crippen LogP contribution in [0.4, 0.5) is 42.8 Å². The maximum absolute atomic E-state index is 13.8. The zero-order chi connectivity index (χ0) is 37.0. The standard InChI is InChI=1S/C32H32F6N6O6/c1-4-20-13-22(26-23(5-6-25(43-26)32(36,37)38)44(20)29(48)50-16-30(2,3)27(46)47)42-28-40-15-24(49-8-7-45)21(41-28)12-17-9-18(14-39)11-19(10-17)31(33,34)35/h5-6,9-11,15,20,22,45H,4,7-8,12-13,16H2,1-3H3,(H,46,47)(H,40,41,42)/t20-,22+/m1/s1. The van der Waals surface area contributed by atoms with Gasteiger partial charge in [0.15, 0.2) is 5.75 Å². The summed E-state index contributed by atoms with van der Waals surface area (Å²) in [6.07, 6.45) is -9.47. The van der Waals surface area contributed by atoms with Gasteiger partial charge in [-0.25, -0.2) is 19.7 Å². The number of nitrogens with zero attached hydrogens (tertiary/aromatic N) is 5. The number of benzene rings is 1. The highest BCUT2D eigenvalue weighted by Crippen LogP contribution is 2.41. The van der Waals surface area contributed by atoms with E-state index in [2.05, 4.69) is 20.3 Å². The normalized spacial score (nSPS) is 16.3. The van der Waals surface area contributed by atoms with Crippen LogP contribution < -0.4 is 15.0 Å². The minimum absolute atomic E-state index is 0.00770. The van der Waals surface area contributed by atoms with Crippen molar-refractivity contribution in [1.82, 2.24) is 15.0 Å². The molecule has 18 heteroatoms. The topological polar surface area (TPSA) is 171 Å². The fourth-order valence-electron chi connectivity index (χ4n) is 5.12. The monoisotopic (exact) mass is 710 g/mol. The average molecular weight is 711 g/mol. The van der Waals surface area contributed by atoms with Gasteiger partial charge in [0.25, 0.3) is 0 Å². The van der Waals surface area contributed by atoms with E-state index in [1.165, 1.54) is 26.1 Å². The summed E-state index contributed by atoms with van der Waals surface area (Å²) in [5.74, 6) is -1.41. The van der Waals surface area contributed by atoms with Crippen LogP contribution in [0.1, 0.15) is 73.4 Å². The van der Waals surface area contributed by atoms with Crippen LogP contribution in [-0.4, -0.2) is 63.1 Å². The summed E-state index contributed by atoms with van der Waals surface area (Å²) in [5, 5.41) is 30.9. The van der Waals surface area contributed by atoms with Gasteiger partial charge >= 0.3 is 24.4 Å². The van der Waals surface area contributed by atoms with E-state index in [0.29, 0.717) is 12.1 Å². The number of aromatic nitrogens is 3. The van der Waals surface area contributed by atoms with Crippen LogP contribution in [0, 0.1) is 16.7 Å². The lowest BCUT2D eigenvalue weighted by Crippen LogP contribution is -2.47. The zero-order valence-corrected chi connectivity index (χ0v) is 26.9. The highest BCUT2D eigenvalue weighted by molar-refractivity contribution is 5.90. The Labute approximate surface area is 281 Å². The molecular weight excluding hydrogens is 678 g/mol. The van der Waals surface area contributed by atoms with Gasteiger partial charge in [-0.3, -0.25) is 9.69 Å². The van der Waals surface area contributed by atoms with Gasteiger partial charge in [0.1, 0.15) is 18.9 Å². The van der Waals surface area contributed by atoms with Crippen LogP contribution in [0.3, 0.4) is 0 Å². The predicted octanol–water partition coefficient (Wildman–Crippen LogP) is 6.13. The lowest BCUT2D eigenvalue weighted by molar-refractivity contribution is -0.149. The molecule has 0 bridgehead atoms. The van der Waals surface area contributed by atoms with Crippen molar-refractivity contribution in [3.8, 4) is 11.8 Å². The van der Waals surface area contributed by atoms with Crippen LogP contribution in [-0.2, 0) is 28.3 Å². The number of hydrogen-bond donors (Lipinski definition) is 3. The summed E-state index contributed by atoms with van der Waals surface area (Å²) >= 11 is 0. The summed E-state index contributed by atoms with van der Waals surface area (Å²) < 4.78 is 92.9. The molecule has 0 spiro atoms. The molecule has 1 aliphatic rings. The molecule has 2 aromatic heterocycles. The first-order chi connectivity index (χ1) is 23.4. The first kappa shape index (κ1) is 37.6. The number of alkyl halides is 6. The van der Waals surface area contributed by atoms with E-state index >= 15 is 0 Å². The number of carbonyl (C=O) groups excluding carboxylic acids is 1. The van der Waals surface area contributed by atoms with Gasteiger partial charge < -0.3 is 25.0 Å². The van der Waals surface area contributed by atoms with Gasteiger partial charge in [-0.15, -0.1) is 0 Å². The molecule has 0 aliphatic carbocycles. The van der Waals surface area contributed by atoms with Crippen molar-refractivity contribution < 1.29 is 55.6 Å². The highest BCUT2D eigenvalue weighted by atomic mass is 19.4. The van der Waals surface area contributed by atoms with Gasteiger partial charge in [-0.05, 0) is 62.6 Å². The number of amides is 1. The third kappa shape index (κ3) is 8.69. The summed E-state index contributed by atoms with van der Waals surface area (Å²) in [7, 11) is 0. The molecule has 0 saturated carbocycles. The number of anilines is 2. The van der Waals surface area contributed by atoms with Crippen LogP contribution in [0.15, 0.2) is 36.5 Å². The molecule has 1 aromatic carbocycles. The van der Waals surface area contributed by atoms with E-state index in [-0.39, 0.29) is 65.8 Å². The third-order valence-corrected chi connectivity index (χ3v) is 7.76. The Morgan fingerprint density at radius 1 is 1.10 bits per heavy atom. The molecule has 4 rings (SSSR count). The first-order valence-corrected chi connectivity index (χ1v) is 15.1. The number of carbonyl (C=O) groups is 2. The molecule has 12 nitrogen and oxygen atoms in total. The molecule has 0 radical (unpaired) electrons. The number of aliphatic hydroxyl groups is 1. The molecule has 3 N–H and O–H groups in total. The Morgan fingerprint density at radius 2 is 1.82 bits per heavy atom. The number of rotatable bonds is 11. The number of carboxylic acid groups (broad SMARTS) is 1. The van der Waals surface area contributed by atoms with E-state index in [4.69, 9.17) is 9.47 Å². The maximum Gasteiger partial charge on any atom is 0.433 e. The van der Waals surface area contributed by atoms with Crippen molar-refractivity contribution in [3.63, 3.8) is 0 Å². The number of aliphatic hydroxyl groups excluding tert-OH is 1. The largest absolute Gasteiger partial charge is 0.488 e. The molecule has 50 heavy (non-hydrogen) atoms. The first-order valence-electron chi connectivity index (χ1n) is 15.1. The Balaban J connectivity index is 1.75. The van der Waals surface area contributed by atoms with E-state index in [9.17, 15) is 51.4 Å². The van der Waals surface area contributed by atoms with E-state index in [0.717, 1.165) is 17.0 Å². The molecule has 3 aromatic rings. The van der Waals surface area contributed by atoms with E-state index < -0.39 is 66.4 Å². The van der Waals surface area contributed by atoms with Gasteiger partial charge in [0.2, 0.25) is 5.95 Å². The van der Waals surface area contributed by atoms with Crippen molar-refractivity contribution in [1.29, 1.82) is 5.26 Å². The lowest BCUT2D eigenvalue weighted by Gasteiger charge is -2.40. The Hall–Kier alpha value is -5.18. The molecule has 2 atom stereocenters. The third-order valence-electron chi connectivity index (χ3n) is 7.76. The SMILES string of the molecule is CC[C@@H]1C[C@H](Nc2ncc(OCCO)c(Cc3cc(C#N)cc(C(F)(F)F)c3)n2)c2nc(C(F)(F)F)ccc2N1C(=O)OCC(C)(C)C(=O)O. The molecule has 1 amide bonds. The number of carboxylic acids is 1. The zero-order valence-electron chi connectivity index (χ0n) is 26.9. The summed E-state index contributed by atoms with van der Waals surface area (Å²) in [5.41, 5.74) is -4.22. The van der Waals surface area contributed by atoms with Crippen molar-refractivity contribution in [2.24, 2.45) is 5.41 Å². The Morgan fingerprint density at radius 3 is 2.42 bits per heavy atom. The Bertz CT molecular complexity index is 1780. The number of hydrogen-bond acceptors (Lipinski definition) is 10. The van der Waals surface area contributed by atoms with Gasteiger partial charge in [0.05, 0.1) is 58.5 Å². The smallest absolute Gasteiger partial charge is 0.433 e. The fourth-order valence-corrected chi connectivity index (χ4v) is 5.12. The maximum atomic E-state index is 13.8. The second kappa shape index (κ2) is 14.7. The quantitative estimate of drug-likeness (QED) is 0.196. The van der Waals surface area contributed by atoms with Crippen LogP contribution >= 0.6 is 0 Å². The minimum atomic E-state index is -4.86. The van der Waals surface area contributed by atoms with Crippen molar-refractivity contribution in [3.05, 3.63) is 70.3 Å². The van der Waals surface area contributed by atoms with Gasteiger partial charge in [-0.1, -0.05) is 6.92 Å². The van der Waals surface area contributed by atoms with E-state index in [1.807, 2.05) is 0 Å². The second-order valence-electron chi connectivity index (χ2n) is 12.0. The summed E-state index contributed by atoms with van der Waals surface area (Å²) in [6.45, 7) is 3.23. The van der Waals surface area contributed by atoms with E-state index in [1.54, 1.807) is 13.0 Å². The average Bonchev–Trinajstić information content (AvgIpc) is 3.05. The van der Waals surface area contributed by atoms with Crippen molar-refractivity contribution >= 4 is 23.7 Å². The summed E-state index contributed by atoms with van der Waals surface area (Å²) in [4.78, 5) is 38.4. The fraction of sp³-hybridized carbons (Fsp3) is 0.438. The molecule has 1 aliphatic heterocycles.